The summed E-state index contributed by atoms with van der Waals surface area (Å²) in [6, 6.07) is 7.84. The Balaban J connectivity index is 1.96. The SMILES string of the molecule is O=C(Nc1n[nH]c2cccc(F)c12)c1cccnc1. The van der Waals surface area contributed by atoms with Gasteiger partial charge in [0.05, 0.1) is 16.5 Å². The molecule has 0 saturated carbocycles. The lowest BCUT2D eigenvalue weighted by atomic mass is 10.2. The minimum absolute atomic E-state index is 0.168. The Morgan fingerprint density at radius 1 is 1.26 bits per heavy atom. The van der Waals surface area contributed by atoms with Crippen molar-refractivity contribution in [3.05, 3.63) is 54.1 Å². The lowest BCUT2D eigenvalue weighted by Crippen LogP contribution is -2.12. The highest BCUT2D eigenvalue weighted by atomic mass is 19.1. The summed E-state index contributed by atoms with van der Waals surface area (Å²) in [6.45, 7) is 0. The van der Waals surface area contributed by atoms with Gasteiger partial charge in [-0.25, -0.2) is 4.39 Å². The van der Waals surface area contributed by atoms with Crippen LogP contribution in [0.25, 0.3) is 10.9 Å². The first-order valence-electron chi connectivity index (χ1n) is 5.59. The monoisotopic (exact) mass is 256 g/mol. The van der Waals surface area contributed by atoms with Gasteiger partial charge < -0.3 is 5.32 Å². The van der Waals surface area contributed by atoms with Gasteiger partial charge in [0.1, 0.15) is 5.82 Å². The zero-order valence-corrected chi connectivity index (χ0v) is 9.72. The molecule has 2 aromatic heterocycles. The highest BCUT2D eigenvalue weighted by Gasteiger charge is 2.13. The maximum atomic E-state index is 13.7. The van der Waals surface area contributed by atoms with Crippen LogP contribution >= 0.6 is 0 Å². The highest BCUT2D eigenvalue weighted by Crippen LogP contribution is 2.23. The van der Waals surface area contributed by atoms with Gasteiger partial charge >= 0.3 is 0 Å². The van der Waals surface area contributed by atoms with Gasteiger partial charge in [-0.1, -0.05) is 6.07 Å². The van der Waals surface area contributed by atoms with Crippen molar-refractivity contribution in [2.45, 2.75) is 0 Å². The van der Waals surface area contributed by atoms with E-state index in [1.807, 2.05) is 0 Å². The molecule has 0 unspecified atom stereocenters. The van der Waals surface area contributed by atoms with E-state index < -0.39 is 5.82 Å². The smallest absolute Gasteiger partial charge is 0.258 e. The Morgan fingerprint density at radius 2 is 2.16 bits per heavy atom. The fraction of sp³-hybridized carbons (Fsp3) is 0. The van der Waals surface area contributed by atoms with E-state index in [9.17, 15) is 9.18 Å². The number of nitrogens with one attached hydrogen (secondary N) is 2. The first kappa shape index (κ1) is 11.3. The van der Waals surface area contributed by atoms with E-state index in [0.717, 1.165) is 0 Å². The molecule has 0 atom stereocenters. The molecule has 0 saturated heterocycles. The fourth-order valence-electron chi connectivity index (χ4n) is 1.80. The average Bonchev–Trinajstić information content (AvgIpc) is 2.84. The van der Waals surface area contributed by atoms with Crippen LogP contribution in [0.1, 0.15) is 10.4 Å². The van der Waals surface area contributed by atoms with Gasteiger partial charge in [-0.05, 0) is 24.3 Å². The predicted octanol–water partition coefficient (Wildman–Crippen LogP) is 2.35. The molecule has 2 heterocycles. The first-order valence-corrected chi connectivity index (χ1v) is 5.59. The molecule has 19 heavy (non-hydrogen) atoms. The zero-order valence-electron chi connectivity index (χ0n) is 9.72. The maximum Gasteiger partial charge on any atom is 0.258 e. The molecule has 1 amide bonds. The molecule has 0 bridgehead atoms. The van der Waals surface area contributed by atoms with Crippen LogP contribution in [0, 0.1) is 5.82 Å². The Kier molecular flexibility index (Phi) is 2.68. The van der Waals surface area contributed by atoms with Crippen molar-refractivity contribution in [2.24, 2.45) is 0 Å². The number of fused-ring (bicyclic) bond motifs is 1. The lowest BCUT2D eigenvalue weighted by molar-refractivity contribution is 0.102. The summed E-state index contributed by atoms with van der Waals surface area (Å²) in [5.74, 6) is -0.653. The molecule has 2 N–H and O–H groups in total. The number of hydrogen-bond acceptors (Lipinski definition) is 3. The number of benzene rings is 1. The number of H-pyrrole nitrogens is 1. The largest absolute Gasteiger partial charge is 0.304 e. The third-order valence-corrected chi connectivity index (χ3v) is 2.69. The standard InChI is InChI=1S/C13H9FN4O/c14-9-4-1-5-10-11(9)12(18-17-10)16-13(19)8-3-2-6-15-7-8/h1-7H,(H2,16,17,18,19). The number of aromatic nitrogens is 3. The zero-order chi connectivity index (χ0) is 13.2. The summed E-state index contributed by atoms with van der Waals surface area (Å²) >= 11 is 0. The number of rotatable bonds is 2. The number of aromatic amines is 1. The van der Waals surface area contributed by atoms with Crippen molar-refractivity contribution >= 4 is 22.6 Å². The summed E-state index contributed by atoms with van der Waals surface area (Å²) < 4.78 is 13.7. The number of halogens is 1. The van der Waals surface area contributed by atoms with Gasteiger partial charge in [0, 0.05) is 12.4 Å². The highest BCUT2D eigenvalue weighted by molar-refractivity contribution is 6.07. The number of anilines is 1. The topological polar surface area (TPSA) is 70.7 Å². The van der Waals surface area contributed by atoms with Crippen LogP contribution in [0.5, 0.6) is 0 Å². The Labute approximate surface area is 107 Å². The molecule has 0 spiro atoms. The van der Waals surface area contributed by atoms with Crippen LogP contribution in [-0.2, 0) is 0 Å². The number of hydrogen-bond donors (Lipinski definition) is 2. The molecular weight excluding hydrogens is 247 g/mol. The van der Waals surface area contributed by atoms with E-state index in [2.05, 4.69) is 20.5 Å². The van der Waals surface area contributed by atoms with E-state index in [-0.39, 0.29) is 17.1 Å². The van der Waals surface area contributed by atoms with Crippen molar-refractivity contribution in [1.29, 1.82) is 0 Å². The Bertz CT molecular complexity index is 739. The third kappa shape index (κ3) is 2.03. The number of carbonyl (C=O) groups is 1. The van der Waals surface area contributed by atoms with E-state index in [4.69, 9.17) is 0 Å². The van der Waals surface area contributed by atoms with Gasteiger partial charge in [-0.3, -0.25) is 14.9 Å². The molecular formula is C13H9FN4O. The summed E-state index contributed by atoms with van der Waals surface area (Å²) in [4.78, 5) is 15.8. The quantitative estimate of drug-likeness (QED) is 0.739. The van der Waals surface area contributed by atoms with Gasteiger partial charge in [-0.15, -0.1) is 0 Å². The fourth-order valence-corrected chi connectivity index (χ4v) is 1.80. The van der Waals surface area contributed by atoms with Gasteiger partial charge in [0.25, 0.3) is 5.91 Å². The summed E-state index contributed by atoms with van der Waals surface area (Å²) in [7, 11) is 0. The number of amides is 1. The number of nitrogens with zero attached hydrogens (tertiary/aromatic N) is 2. The molecule has 3 rings (SSSR count). The molecule has 0 aliphatic carbocycles. The summed E-state index contributed by atoms with van der Waals surface area (Å²) in [5, 5.41) is 9.39. The van der Waals surface area contributed by atoms with Gasteiger partial charge in [-0.2, -0.15) is 5.10 Å². The molecule has 1 aromatic carbocycles. The van der Waals surface area contributed by atoms with Crippen molar-refractivity contribution in [1.82, 2.24) is 15.2 Å². The normalized spacial score (nSPS) is 10.6. The molecule has 5 nitrogen and oxygen atoms in total. The van der Waals surface area contributed by atoms with Crippen LogP contribution in [0.4, 0.5) is 10.2 Å². The number of carbonyl (C=O) groups excluding carboxylic acids is 1. The molecule has 0 fully saturated rings. The van der Waals surface area contributed by atoms with E-state index in [0.29, 0.717) is 11.1 Å². The van der Waals surface area contributed by atoms with E-state index in [1.165, 1.54) is 12.3 Å². The molecule has 94 valence electrons. The molecule has 0 aliphatic heterocycles. The second kappa shape index (κ2) is 4.49. The summed E-state index contributed by atoms with van der Waals surface area (Å²) in [6.07, 6.45) is 3.00. The third-order valence-electron chi connectivity index (χ3n) is 2.69. The first-order chi connectivity index (χ1) is 9.25. The number of pyridine rings is 1. The molecule has 3 aromatic rings. The molecule has 6 heteroatoms. The van der Waals surface area contributed by atoms with Crippen molar-refractivity contribution in [3.63, 3.8) is 0 Å². The summed E-state index contributed by atoms with van der Waals surface area (Å²) in [5.41, 5.74) is 0.913. The van der Waals surface area contributed by atoms with E-state index >= 15 is 0 Å². The van der Waals surface area contributed by atoms with Gasteiger partial charge in [0.15, 0.2) is 5.82 Å². The van der Waals surface area contributed by atoms with Crippen LogP contribution < -0.4 is 5.32 Å². The van der Waals surface area contributed by atoms with Crippen LogP contribution in [0.3, 0.4) is 0 Å². The second-order valence-electron chi connectivity index (χ2n) is 3.93. The van der Waals surface area contributed by atoms with Crippen molar-refractivity contribution in [3.8, 4) is 0 Å². The van der Waals surface area contributed by atoms with Crippen molar-refractivity contribution in [2.75, 3.05) is 5.32 Å². The van der Waals surface area contributed by atoms with Crippen LogP contribution in [-0.4, -0.2) is 21.1 Å². The van der Waals surface area contributed by atoms with Crippen LogP contribution in [0.15, 0.2) is 42.7 Å². The minimum atomic E-state index is -0.437. The van der Waals surface area contributed by atoms with E-state index in [1.54, 1.807) is 30.5 Å². The second-order valence-corrected chi connectivity index (χ2v) is 3.93. The molecule has 0 radical (unpaired) electrons. The van der Waals surface area contributed by atoms with Crippen LogP contribution in [0.2, 0.25) is 0 Å². The predicted molar refractivity (Wildman–Crippen MR) is 68.2 cm³/mol. The molecule has 0 aliphatic rings. The minimum Gasteiger partial charge on any atom is -0.304 e. The maximum absolute atomic E-state index is 13.7. The Morgan fingerprint density at radius 3 is 2.95 bits per heavy atom. The van der Waals surface area contributed by atoms with Crippen molar-refractivity contribution < 1.29 is 9.18 Å². The van der Waals surface area contributed by atoms with Gasteiger partial charge in [0.2, 0.25) is 0 Å². The Hall–Kier alpha value is -2.76. The lowest BCUT2D eigenvalue weighted by Gasteiger charge is -2.02. The average molecular weight is 256 g/mol.